The van der Waals surface area contributed by atoms with Gasteiger partial charge in [-0.2, -0.15) is 0 Å². The summed E-state index contributed by atoms with van der Waals surface area (Å²) in [5.41, 5.74) is 0.288. The Morgan fingerprint density at radius 2 is 2.06 bits per heavy atom. The molecule has 0 spiro atoms. The van der Waals surface area contributed by atoms with Crippen molar-refractivity contribution in [2.24, 2.45) is 0 Å². The topological polar surface area (TPSA) is 66.4 Å². The molecule has 96 valence electrons. The van der Waals surface area contributed by atoms with Crippen molar-refractivity contribution >= 4 is 54.6 Å². The molecule has 0 radical (unpaired) electrons. The van der Waals surface area contributed by atoms with Gasteiger partial charge in [-0.15, -0.1) is 11.3 Å². The first-order valence-electron chi connectivity index (χ1n) is 4.65. The van der Waals surface area contributed by atoms with E-state index in [0.29, 0.717) is 8.81 Å². The van der Waals surface area contributed by atoms with Crippen LogP contribution in [0, 0.1) is 0 Å². The zero-order chi connectivity index (χ0) is 13.3. The van der Waals surface area contributed by atoms with E-state index in [1.54, 1.807) is 12.1 Å². The van der Waals surface area contributed by atoms with Gasteiger partial charge in [-0.05, 0) is 34.1 Å². The fourth-order valence-corrected chi connectivity index (χ4v) is 4.68. The summed E-state index contributed by atoms with van der Waals surface area (Å²) < 4.78 is 27.0. The first-order chi connectivity index (χ1) is 8.38. The summed E-state index contributed by atoms with van der Waals surface area (Å²) in [6.07, 6.45) is 0. The fourth-order valence-electron chi connectivity index (χ4n) is 1.23. The van der Waals surface area contributed by atoms with Gasteiger partial charge in [0.25, 0.3) is 10.0 Å². The Kier molecular flexibility index (Phi) is 3.86. The van der Waals surface area contributed by atoms with Crippen molar-refractivity contribution in [3.05, 3.63) is 39.1 Å². The predicted molar refractivity (Wildman–Crippen MR) is 75.9 cm³/mol. The molecule has 0 saturated carbocycles. The number of benzene rings is 1. The number of phenols is 1. The second-order valence-corrected chi connectivity index (χ2v) is 8.03. The van der Waals surface area contributed by atoms with Crippen LogP contribution in [0.15, 0.2) is 38.3 Å². The highest BCUT2D eigenvalue weighted by Crippen LogP contribution is 2.35. The molecule has 1 heterocycles. The predicted octanol–water partition coefficient (Wildman–Crippen LogP) is 3.67. The van der Waals surface area contributed by atoms with Crippen molar-refractivity contribution in [3.8, 4) is 5.75 Å². The number of rotatable bonds is 3. The summed E-state index contributed by atoms with van der Waals surface area (Å²) in [5.74, 6) is -0.0133. The molecular formula is C10H7BrClNO3S2. The maximum Gasteiger partial charge on any atom is 0.271 e. The van der Waals surface area contributed by atoms with Gasteiger partial charge in [-0.1, -0.05) is 17.7 Å². The average Bonchev–Trinajstić information content (AvgIpc) is 2.59. The Hall–Kier alpha value is -0.760. The molecule has 8 heteroatoms. The quantitative estimate of drug-likeness (QED) is 0.868. The van der Waals surface area contributed by atoms with Crippen LogP contribution in [0.2, 0.25) is 5.02 Å². The third-order valence-electron chi connectivity index (χ3n) is 1.99. The largest absolute Gasteiger partial charge is 0.508 e. The van der Waals surface area contributed by atoms with Gasteiger partial charge in [0.15, 0.2) is 0 Å². The minimum Gasteiger partial charge on any atom is -0.508 e. The lowest BCUT2D eigenvalue weighted by molar-refractivity contribution is 0.475. The highest BCUT2D eigenvalue weighted by atomic mass is 79.9. The third kappa shape index (κ3) is 2.97. The normalized spacial score (nSPS) is 11.4. The molecule has 0 fully saturated rings. The van der Waals surface area contributed by atoms with E-state index in [2.05, 4.69) is 20.7 Å². The van der Waals surface area contributed by atoms with Crippen molar-refractivity contribution in [2.75, 3.05) is 4.72 Å². The van der Waals surface area contributed by atoms with Crippen LogP contribution >= 0.6 is 38.9 Å². The highest BCUT2D eigenvalue weighted by Gasteiger charge is 2.19. The smallest absolute Gasteiger partial charge is 0.271 e. The average molecular weight is 369 g/mol. The van der Waals surface area contributed by atoms with Crippen LogP contribution < -0.4 is 4.72 Å². The van der Waals surface area contributed by atoms with E-state index in [4.69, 9.17) is 11.6 Å². The summed E-state index contributed by atoms with van der Waals surface area (Å²) in [7, 11) is -3.69. The van der Waals surface area contributed by atoms with E-state index < -0.39 is 10.0 Å². The fraction of sp³-hybridized carbons (Fsp3) is 0. The molecule has 0 unspecified atom stereocenters. The molecule has 0 amide bonds. The summed E-state index contributed by atoms with van der Waals surface area (Å²) in [5, 5.41) is 9.61. The van der Waals surface area contributed by atoms with E-state index in [1.807, 2.05) is 0 Å². The molecule has 0 aliphatic rings. The molecule has 1 aromatic heterocycles. The first-order valence-corrected chi connectivity index (χ1v) is 8.12. The molecule has 0 aliphatic carbocycles. The molecule has 0 bridgehead atoms. The standard InChI is InChI=1S/C10H7BrClNO3S2/c11-10-8(12)5-9(17-10)18(15,16)13-6-2-1-3-7(14)4-6/h1-5,13-14H. The molecule has 18 heavy (non-hydrogen) atoms. The van der Waals surface area contributed by atoms with E-state index in [-0.39, 0.29) is 15.6 Å². The maximum absolute atomic E-state index is 12.0. The third-order valence-corrected chi connectivity index (χ3v) is 6.32. The number of halogens is 2. The Morgan fingerprint density at radius 3 is 2.61 bits per heavy atom. The van der Waals surface area contributed by atoms with Crippen LogP contribution in [-0.4, -0.2) is 13.5 Å². The molecule has 1 aromatic carbocycles. The van der Waals surface area contributed by atoms with Gasteiger partial charge in [0.1, 0.15) is 9.96 Å². The van der Waals surface area contributed by atoms with Crippen LogP contribution in [-0.2, 0) is 10.0 Å². The van der Waals surface area contributed by atoms with Crippen LogP contribution in [0.5, 0.6) is 5.75 Å². The Bertz CT molecular complexity index is 665. The van der Waals surface area contributed by atoms with Crippen molar-refractivity contribution < 1.29 is 13.5 Å². The minimum atomic E-state index is -3.69. The summed E-state index contributed by atoms with van der Waals surface area (Å²) in [6.45, 7) is 0. The Labute approximate surface area is 121 Å². The summed E-state index contributed by atoms with van der Waals surface area (Å²) >= 11 is 9.97. The Balaban J connectivity index is 2.33. The number of sulfonamides is 1. The lowest BCUT2D eigenvalue weighted by Crippen LogP contribution is -2.11. The molecule has 2 N–H and O–H groups in total. The zero-order valence-electron chi connectivity index (χ0n) is 8.72. The van der Waals surface area contributed by atoms with Crippen molar-refractivity contribution in [1.82, 2.24) is 0 Å². The van der Waals surface area contributed by atoms with E-state index in [0.717, 1.165) is 11.3 Å². The number of aromatic hydroxyl groups is 1. The van der Waals surface area contributed by atoms with Crippen LogP contribution in [0.1, 0.15) is 0 Å². The number of phenolic OH excluding ortho intramolecular Hbond substituents is 1. The van der Waals surface area contributed by atoms with Crippen LogP contribution in [0.25, 0.3) is 0 Å². The second kappa shape index (κ2) is 5.08. The zero-order valence-corrected chi connectivity index (χ0v) is 12.7. The second-order valence-electron chi connectivity index (χ2n) is 3.34. The van der Waals surface area contributed by atoms with Gasteiger partial charge >= 0.3 is 0 Å². The molecule has 4 nitrogen and oxygen atoms in total. The highest BCUT2D eigenvalue weighted by molar-refractivity contribution is 9.11. The van der Waals surface area contributed by atoms with Gasteiger partial charge in [-0.25, -0.2) is 8.42 Å². The monoisotopic (exact) mass is 367 g/mol. The van der Waals surface area contributed by atoms with E-state index in [1.165, 1.54) is 18.2 Å². The van der Waals surface area contributed by atoms with Gasteiger partial charge < -0.3 is 5.11 Å². The first kappa shape index (κ1) is 13.7. The SMILES string of the molecule is O=S(=O)(Nc1cccc(O)c1)c1cc(Cl)c(Br)s1. The number of anilines is 1. The molecule has 0 atom stereocenters. The number of hydrogen-bond acceptors (Lipinski definition) is 4. The maximum atomic E-state index is 12.0. The van der Waals surface area contributed by atoms with Gasteiger partial charge in [0, 0.05) is 6.07 Å². The molecule has 0 saturated heterocycles. The summed E-state index contributed by atoms with van der Waals surface area (Å²) in [6, 6.07) is 7.23. The van der Waals surface area contributed by atoms with E-state index in [9.17, 15) is 13.5 Å². The van der Waals surface area contributed by atoms with Crippen LogP contribution in [0.3, 0.4) is 0 Å². The van der Waals surface area contributed by atoms with E-state index >= 15 is 0 Å². The number of hydrogen-bond donors (Lipinski definition) is 2. The summed E-state index contributed by atoms with van der Waals surface area (Å²) in [4.78, 5) is 0. The lowest BCUT2D eigenvalue weighted by atomic mass is 10.3. The van der Waals surface area contributed by atoms with Gasteiger partial charge in [-0.3, -0.25) is 4.72 Å². The van der Waals surface area contributed by atoms with Gasteiger partial charge in [0.2, 0.25) is 0 Å². The lowest BCUT2D eigenvalue weighted by Gasteiger charge is -2.05. The van der Waals surface area contributed by atoms with Crippen LogP contribution in [0.4, 0.5) is 5.69 Å². The van der Waals surface area contributed by atoms with Crippen molar-refractivity contribution in [1.29, 1.82) is 0 Å². The molecule has 2 rings (SSSR count). The molecule has 0 aliphatic heterocycles. The Morgan fingerprint density at radius 1 is 1.33 bits per heavy atom. The molecular weight excluding hydrogens is 362 g/mol. The van der Waals surface area contributed by atoms with Crippen molar-refractivity contribution in [2.45, 2.75) is 4.21 Å². The number of nitrogens with one attached hydrogen (secondary N) is 1. The molecule has 2 aromatic rings. The van der Waals surface area contributed by atoms with Gasteiger partial charge in [0.05, 0.1) is 14.5 Å². The number of thiophene rings is 1. The van der Waals surface area contributed by atoms with Crippen molar-refractivity contribution in [3.63, 3.8) is 0 Å². The minimum absolute atomic E-state index is 0.0133.